The molecule has 146 valence electrons. The van der Waals surface area contributed by atoms with Crippen LogP contribution in [0.2, 0.25) is 0 Å². The molecule has 2 N–H and O–H groups in total. The van der Waals surface area contributed by atoms with Gasteiger partial charge in [-0.3, -0.25) is 9.89 Å². The predicted molar refractivity (Wildman–Crippen MR) is 105 cm³/mol. The highest BCUT2D eigenvalue weighted by Gasteiger charge is 2.28. The van der Waals surface area contributed by atoms with Gasteiger partial charge in [-0.25, -0.2) is 0 Å². The van der Waals surface area contributed by atoms with Crippen LogP contribution in [-0.2, 0) is 4.74 Å². The van der Waals surface area contributed by atoms with Gasteiger partial charge in [-0.2, -0.15) is 0 Å². The third-order valence-electron chi connectivity index (χ3n) is 5.52. The van der Waals surface area contributed by atoms with Crippen LogP contribution in [0.25, 0.3) is 0 Å². The normalized spacial score (nSPS) is 22.2. The van der Waals surface area contributed by atoms with Crippen molar-refractivity contribution in [3.8, 4) is 0 Å². The van der Waals surface area contributed by atoms with E-state index in [9.17, 15) is 0 Å². The molecule has 6 heteroatoms. The van der Waals surface area contributed by atoms with Crippen molar-refractivity contribution in [3.63, 3.8) is 0 Å². The van der Waals surface area contributed by atoms with Crippen molar-refractivity contribution in [2.75, 3.05) is 66.1 Å². The van der Waals surface area contributed by atoms with Crippen LogP contribution in [0.1, 0.15) is 40.0 Å². The molecule has 2 heterocycles. The molecule has 0 aromatic heterocycles. The Morgan fingerprint density at radius 2 is 1.80 bits per heavy atom. The minimum Gasteiger partial charge on any atom is -0.379 e. The van der Waals surface area contributed by atoms with Crippen LogP contribution in [-0.4, -0.2) is 87.4 Å². The fourth-order valence-electron chi connectivity index (χ4n) is 3.63. The van der Waals surface area contributed by atoms with Crippen molar-refractivity contribution in [1.82, 2.24) is 20.4 Å². The van der Waals surface area contributed by atoms with Gasteiger partial charge in [0.2, 0.25) is 0 Å². The van der Waals surface area contributed by atoms with Crippen molar-refractivity contribution in [2.24, 2.45) is 10.9 Å². The maximum absolute atomic E-state index is 5.47. The third kappa shape index (κ3) is 7.12. The first-order valence-corrected chi connectivity index (χ1v) is 10.0. The highest BCUT2D eigenvalue weighted by Crippen LogP contribution is 2.19. The van der Waals surface area contributed by atoms with E-state index < -0.39 is 0 Å². The molecule has 2 fully saturated rings. The maximum atomic E-state index is 5.47. The lowest BCUT2D eigenvalue weighted by atomic mass is 9.94. The van der Waals surface area contributed by atoms with Gasteiger partial charge in [-0.1, -0.05) is 0 Å². The van der Waals surface area contributed by atoms with Crippen LogP contribution in [0.5, 0.6) is 0 Å². The topological polar surface area (TPSA) is 52.1 Å². The van der Waals surface area contributed by atoms with E-state index in [0.717, 1.165) is 57.8 Å². The first-order chi connectivity index (χ1) is 12.0. The molecule has 0 spiro atoms. The largest absolute Gasteiger partial charge is 0.379 e. The van der Waals surface area contributed by atoms with Crippen molar-refractivity contribution in [3.05, 3.63) is 0 Å². The average Bonchev–Trinajstić information content (AvgIpc) is 2.62. The monoisotopic (exact) mass is 353 g/mol. The van der Waals surface area contributed by atoms with Crippen LogP contribution in [0.15, 0.2) is 4.99 Å². The number of rotatable bonds is 7. The Hall–Kier alpha value is -0.850. The molecule has 0 aliphatic carbocycles. The van der Waals surface area contributed by atoms with E-state index in [4.69, 9.17) is 9.73 Å². The van der Waals surface area contributed by atoms with E-state index in [0.29, 0.717) is 0 Å². The average molecular weight is 354 g/mol. The molecule has 0 bridgehead atoms. The number of nitrogens with zero attached hydrogens (tertiary/aromatic N) is 3. The molecule has 0 unspecified atom stereocenters. The summed E-state index contributed by atoms with van der Waals surface area (Å²) in [7, 11) is 2.22. The number of guanidine groups is 1. The van der Waals surface area contributed by atoms with Crippen molar-refractivity contribution in [1.29, 1.82) is 0 Å². The van der Waals surface area contributed by atoms with E-state index in [1.54, 1.807) is 0 Å². The number of ether oxygens (including phenoxy) is 1. The summed E-state index contributed by atoms with van der Waals surface area (Å²) in [5.74, 6) is 1.81. The standard InChI is InChI=1S/C19H39N5O/c1-5-20-18(21-9-6-17-7-10-23(4)11-8-17)22-16-19(2,3)24-12-14-25-15-13-24/h17H,5-16H2,1-4H3,(H2,20,21,22). The van der Waals surface area contributed by atoms with E-state index >= 15 is 0 Å². The van der Waals surface area contributed by atoms with Gasteiger partial charge in [0.15, 0.2) is 5.96 Å². The van der Waals surface area contributed by atoms with Gasteiger partial charge in [0, 0.05) is 31.7 Å². The van der Waals surface area contributed by atoms with Gasteiger partial charge < -0.3 is 20.3 Å². The van der Waals surface area contributed by atoms with Crippen molar-refractivity contribution < 1.29 is 4.74 Å². The first-order valence-electron chi connectivity index (χ1n) is 10.0. The molecule has 2 aliphatic rings. The number of nitrogens with one attached hydrogen (secondary N) is 2. The second-order valence-electron chi connectivity index (χ2n) is 8.07. The lowest BCUT2D eigenvalue weighted by molar-refractivity contribution is -0.00683. The van der Waals surface area contributed by atoms with Gasteiger partial charge in [0.25, 0.3) is 0 Å². The van der Waals surface area contributed by atoms with Crippen LogP contribution in [0, 0.1) is 5.92 Å². The minimum atomic E-state index is 0.0695. The molecule has 0 radical (unpaired) electrons. The molecule has 6 nitrogen and oxygen atoms in total. The molecule has 0 amide bonds. The third-order valence-corrected chi connectivity index (χ3v) is 5.52. The lowest BCUT2D eigenvalue weighted by Gasteiger charge is -2.39. The van der Waals surface area contributed by atoms with E-state index in [1.165, 1.54) is 32.4 Å². The summed E-state index contributed by atoms with van der Waals surface area (Å²) in [6.07, 6.45) is 3.90. The lowest BCUT2D eigenvalue weighted by Crippen LogP contribution is -2.52. The second kappa shape index (κ2) is 10.3. The zero-order chi connectivity index (χ0) is 18.1. The summed E-state index contributed by atoms with van der Waals surface area (Å²) >= 11 is 0. The van der Waals surface area contributed by atoms with E-state index in [2.05, 4.69) is 48.3 Å². The van der Waals surface area contributed by atoms with Crippen molar-refractivity contribution >= 4 is 5.96 Å². The zero-order valence-corrected chi connectivity index (χ0v) is 16.8. The van der Waals surface area contributed by atoms with Gasteiger partial charge in [-0.05, 0) is 66.1 Å². The number of hydrogen-bond acceptors (Lipinski definition) is 4. The summed E-state index contributed by atoms with van der Waals surface area (Å²) in [6, 6.07) is 0. The van der Waals surface area contributed by atoms with Gasteiger partial charge in [-0.15, -0.1) is 0 Å². The molecule has 0 aromatic rings. The molecular weight excluding hydrogens is 314 g/mol. The number of aliphatic imine (C=N–C) groups is 1. The minimum absolute atomic E-state index is 0.0695. The fraction of sp³-hybridized carbons (Fsp3) is 0.947. The number of likely N-dealkylation sites (tertiary alicyclic amines) is 1. The Morgan fingerprint density at radius 3 is 2.44 bits per heavy atom. The molecular formula is C19H39N5O. The first kappa shape index (κ1) is 20.5. The zero-order valence-electron chi connectivity index (χ0n) is 16.8. The van der Waals surface area contributed by atoms with Crippen molar-refractivity contribution in [2.45, 2.75) is 45.6 Å². The maximum Gasteiger partial charge on any atom is 0.191 e. The fourth-order valence-corrected chi connectivity index (χ4v) is 3.63. The summed E-state index contributed by atoms with van der Waals surface area (Å²) < 4.78 is 5.47. The quantitative estimate of drug-likeness (QED) is 0.535. The van der Waals surface area contributed by atoms with E-state index in [-0.39, 0.29) is 5.54 Å². The molecule has 0 saturated carbocycles. The van der Waals surface area contributed by atoms with Crippen LogP contribution in [0.4, 0.5) is 0 Å². The molecule has 2 aliphatic heterocycles. The van der Waals surface area contributed by atoms with E-state index in [1.807, 2.05) is 0 Å². The van der Waals surface area contributed by atoms with Crippen LogP contribution >= 0.6 is 0 Å². The smallest absolute Gasteiger partial charge is 0.191 e. The summed E-state index contributed by atoms with van der Waals surface area (Å²) in [5, 5.41) is 6.93. The van der Waals surface area contributed by atoms with Crippen LogP contribution < -0.4 is 10.6 Å². The summed E-state index contributed by atoms with van der Waals surface area (Å²) in [4.78, 5) is 9.78. The Balaban J connectivity index is 1.76. The Labute approximate surface area is 154 Å². The SMILES string of the molecule is CCNC(=NCC(C)(C)N1CCOCC1)NCCC1CCN(C)CC1. The molecule has 0 atom stereocenters. The highest BCUT2D eigenvalue weighted by molar-refractivity contribution is 5.79. The van der Waals surface area contributed by atoms with Gasteiger partial charge >= 0.3 is 0 Å². The second-order valence-corrected chi connectivity index (χ2v) is 8.07. The molecule has 0 aromatic carbocycles. The Morgan fingerprint density at radius 1 is 1.12 bits per heavy atom. The summed E-state index contributed by atoms with van der Waals surface area (Å²) in [5.41, 5.74) is 0.0695. The number of hydrogen-bond donors (Lipinski definition) is 2. The summed E-state index contributed by atoms with van der Waals surface area (Å²) in [6.45, 7) is 15.6. The van der Waals surface area contributed by atoms with Gasteiger partial charge in [0.1, 0.15) is 0 Å². The predicted octanol–water partition coefficient (Wildman–Crippen LogP) is 1.38. The molecule has 2 rings (SSSR count). The Kier molecular flexibility index (Phi) is 8.46. The number of morpholine rings is 1. The van der Waals surface area contributed by atoms with Crippen LogP contribution in [0.3, 0.4) is 0 Å². The number of piperidine rings is 1. The Bertz CT molecular complexity index is 399. The van der Waals surface area contributed by atoms with Gasteiger partial charge in [0.05, 0.1) is 19.8 Å². The molecule has 2 saturated heterocycles. The molecule has 25 heavy (non-hydrogen) atoms. The highest BCUT2D eigenvalue weighted by atomic mass is 16.5.